The fraction of sp³-hybridized carbons (Fsp3) is 0.500. The van der Waals surface area contributed by atoms with E-state index in [0.717, 1.165) is 26.7 Å². The summed E-state index contributed by atoms with van der Waals surface area (Å²) >= 11 is 0.883. The number of nitrogens with one attached hydrogen (secondary N) is 1. The van der Waals surface area contributed by atoms with Crippen LogP contribution in [0.4, 0.5) is 5.95 Å². The quantitative estimate of drug-likeness (QED) is 0.562. The van der Waals surface area contributed by atoms with Gasteiger partial charge in [0.05, 0.1) is 18.2 Å². The molecule has 0 aliphatic carbocycles. The zero-order valence-corrected chi connectivity index (χ0v) is 14.0. The molecule has 0 bridgehead atoms. The molecule has 2 heterocycles. The van der Waals surface area contributed by atoms with E-state index in [2.05, 4.69) is 10.4 Å². The topological polar surface area (TPSA) is 153 Å². The van der Waals surface area contributed by atoms with Gasteiger partial charge in [-0.05, 0) is 18.4 Å². The van der Waals surface area contributed by atoms with E-state index in [1.165, 1.54) is 10.9 Å². The van der Waals surface area contributed by atoms with Crippen LogP contribution in [0.2, 0.25) is 0 Å². The van der Waals surface area contributed by atoms with E-state index in [1.807, 2.05) is 0 Å². The van der Waals surface area contributed by atoms with Crippen molar-refractivity contribution < 1.29 is 18.3 Å². The van der Waals surface area contributed by atoms with E-state index in [4.69, 9.17) is 10.8 Å². The maximum atomic E-state index is 12.0. The van der Waals surface area contributed by atoms with Gasteiger partial charge in [-0.15, -0.1) is 0 Å². The molecule has 1 atom stereocenters. The van der Waals surface area contributed by atoms with Gasteiger partial charge in [0.25, 0.3) is 0 Å². The standard InChI is InChI=1S/C10H16N6O5S2/c1-3-6-4-14(23(2,20)21)13-9-12-10(19)16(15(6)9)22-5-7(11)8(17)18/h4,7H,3,5,11H2,1-2H3,(H,17,18)(H,12,13,19). The van der Waals surface area contributed by atoms with Crippen LogP contribution in [0.5, 0.6) is 0 Å². The monoisotopic (exact) mass is 364 g/mol. The van der Waals surface area contributed by atoms with Gasteiger partial charge in [0, 0.05) is 5.75 Å². The summed E-state index contributed by atoms with van der Waals surface area (Å²) < 4.78 is 26.7. The molecular formula is C10H16N6O5S2. The Morgan fingerprint density at radius 2 is 2.22 bits per heavy atom. The Labute approximate surface area is 135 Å². The summed E-state index contributed by atoms with van der Waals surface area (Å²) in [6.07, 6.45) is 2.76. The SMILES string of the molecule is CCC1=CN(S(C)(=O)=O)Nc2nc(=O)n(SCC(N)C(=O)O)n21. The number of anilines is 1. The Morgan fingerprint density at radius 1 is 1.57 bits per heavy atom. The van der Waals surface area contributed by atoms with Crippen LogP contribution in [0.3, 0.4) is 0 Å². The number of aromatic nitrogens is 3. The normalized spacial score (nSPS) is 15.6. The average molecular weight is 364 g/mol. The van der Waals surface area contributed by atoms with Gasteiger partial charge in [0.2, 0.25) is 16.0 Å². The molecule has 4 N–H and O–H groups in total. The fourth-order valence-corrected chi connectivity index (χ4v) is 3.21. The van der Waals surface area contributed by atoms with E-state index in [-0.39, 0.29) is 11.7 Å². The molecular weight excluding hydrogens is 348 g/mol. The number of hydrogen-bond acceptors (Lipinski definition) is 8. The zero-order valence-electron chi connectivity index (χ0n) is 12.3. The summed E-state index contributed by atoms with van der Waals surface area (Å²) in [5.74, 6) is -1.21. The predicted octanol–water partition coefficient (Wildman–Crippen LogP) is -1.24. The van der Waals surface area contributed by atoms with Crippen LogP contribution < -0.4 is 16.8 Å². The Balaban J connectivity index is 2.39. The second-order valence-electron chi connectivity index (χ2n) is 4.69. The third-order valence-corrected chi connectivity index (χ3v) is 4.89. The lowest BCUT2D eigenvalue weighted by Crippen LogP contribution is -2.36. The highest BCUT2D eigenvalue weighted by molar-refractivity contribution is 7.97. The molecule has 1 unspecified atom stereocenters. The summed E-state index contributed by atoms with van der Waals surface area (Å²) in [7, 11) is -3.58. The van der Waals surface area contributed by atoms with Crippen molar-refractivity contribution in [1.29, 1.82) is 0 Å². The minimum atomic E-state index is -3.58. The van der Waals surface area contributed by atoms with Crippen LogP contribution in [0, 0.1) is 0 Å². The lowest BCUT2D eigenvalue weighted by molar-refractivity contribution is -0.137. The maximum Gasteiger partial charge on any atom is 0.376 e. The van der Waals surface area contributed by atoms with Gasteiger partial charge >= 0.3 is 11.7 Å². The molecule has 128 valence electrons. The Bertz CT molecular complexity index is 810. The van der Waals surface area contributed by atoms with Crippen LogP contribution >= 0.6 is 11.9 Å². The highest BCUT2D eigenvalue weighted by Crippen LogP contribution is 2.24. The minimum Gasteiger partial charge on any atom is -0.480 e. The van der Waals surface area contributed by atoms with Crippen LogP contribution in [-0.2, 0) is 14.8 Å². The third-order valence-electron chi connectivity index (χ3n) is 2.91. The first kappa shape index (κ1) is 17.4. The molecule has 23 heavy (non-hydrogen) atoms. The van der Waals surface area contributed by atoms with Crippen molar-refractivity contribution in [3.05, 3.63) is 16.7 Å². The van der Waals surface area contributed by atoms with Crippen molar-refractivity contribution in [2.75, 3.05) is 17.4 Å². The van der Waals surface area contributed by atoms with Gasteiger partial charge in [-0.3, -0.25) is 10.2 Å². The molecule has 1 aromatic rings. The highest BCUT2D eigenvalue weighted by Gasteiger charge is 2.27. The van der Waals surface area contributed by atoms with Crippen molar-refractivity contribution in [3.8, 4) is 0 Å². The van der Waals surface area contributed by atoms with Crippen molar-refractivity contribution in [1.82, 2.24) is 18.2 Å². The van der Waals surface area contributed by atoms with Crippen molar-refractivity contribution in [2.24, 2.45) is 5.73 Å². The number of carboxylic acids is 1. The number of carbonyl (C=O) groups is 1. The maximum absolute atomic E-state index is 12.0. The molecule has 0 fully saturated rings. The minimum absolute atomic E-state index is 0.0242. The summed E-state index contributed by atoms with van der Waals surface area (Å²) in [5, 5.41) is 8.80. The number of nitrogens with zero attached hydrogens (tertiary/aromatic N) is 4. The number of hydrogen-bond donors (Lipinski definition) is 3. The molecule has 0 saturated carbocycles. The molecule has 1 aliphatic heterocycles. The molecule has 0 aromatic carbocycles. The number of sulfonamides is 1. The second-order valence-corrected chi connectivity index (χ2v) is 7.48. The van der Waals surface area contributed by atoms with Gasteiger partial charge in [-0.2, -0.15) is 13.5 Å². The van der Waals surface area contributed by atoms with E-state index < -0.39 is 27.7 Å². The van der Waals surface area contributed by atoms with E-state index in [1.54, 1.807) is 6.92 Å². The number of fused-ring (bicyclic) bond motifs is 1. The molecule has 0 radical (unpaired) electrons. The van der Waals surface area contributed by atoms with Crippen LogP contribution in [0.25, 0.3) is 5.70 Å². The molecule has 0 saturated heterocycles. The first-order valence-corrected chi connectivity index (χ1v) is 9.25. The number of rotatable bonds is 6. The first-order valence-electron chi connectivity index (χ1n) is 6.46. The largest absolute Gasteiger partial charge is 0.480 e. The summed E-state index contributed by atoms with van der Waals surface area (Å²) in [6.45, 7) is 1.78. The van der Waals surface area contributed by atoms with Crippen LogP contribution in [-0.4, -0.2) is 55.7 Å². The van der Waals surface area contributed by atoms with E-state index >= 15 is 0 Å². The summed E-state index contributed by atoms with van der Waals surface area (Å²) in [5.41, 5.74) is 7.77. The molecule has 0 amide bonds. The van der Waals surface area contributed by atoms with Gasteiger partial charge in [-0.25, -0.2) is 17.9 Å². The zero-order chi connectivity index (χ0) is 17.4. The van der Waals surface area contributed by atoms with Gasteiger partial charge < -0.3 is 10.8 Å². The van der Waals surface area contributed by atoms with Gasteiger partial charge in [-0.1, -0.05) is 6.92 Å². The molecule has 1 aliphatic rings. The third kappa shape index (κ3) is 3.51. The smallest absolute Gasteiger partial charge is 0.376 e. The Hall–Kier alpha value is -1.99. The molecule has 1 aromatic heterocycles. The second kappa shape index (κ2) is 6.25. The number of aliphatic carboxylic acids is 1. The van der Waals surface area contributed by atoms with Crippen molar-refractivity contribution in [2.45, 2.75) is 19.4 Å². The first-order chi connectivity index (χ1) is 10.6. The predicted molar refractivity (Wildman–Crippen MR) is 84.8 cm³/mol. The van der Waals surface area contributed by atoms with Crippen molar-refractivity contribution >= 4 is 39.6 Å². The molecule has 11 nitrogen and oxygen atoms in total. The van der Waals surface area contributed by atoms with Crippen LogP contribution in [0.15, 0.2) is 11.0 Å². The van der Waals surface area contributed by atoms with E-state index in [0.29, 0.717) is 12.1 Å². The average Bonchev–Trinajstić information content (AvgIpc) is 2.78. The molecule has 0 spiro atoms. The number of carboxylic acid groups (broad SMARTS) is 1. The van der Waals surface area contributed by atoms with Gasteiger partial charge in [0.1, 0.15) is 6.04 Å². The number of nitrogens with two attached hydrogens (primary N) is 1. The Kier molecular flexibility index (Phi) is 4.72. The molecule has 13 heteroatoms. The lowest BCUT2D eigenvalue weighted by Gasteiger charge is -2.27. The number of allylic oxidation sites excluding steroid dienone is 1. The lowest BCUT2D eigenvalue weighted by atomic mass is 10.3. The fourth-order valence-electron chi connectivity index (χ4n) is 1.75. The van der Waals surface area contributed by atoms with Crippen molar-refractivity contribution in [3.63, 3.8) is 0 Å². The van der Waals surface area contributed by atoms with Gasteiger partial charge in [0.15, 0.2) is 0 Å². The van der Waals surface area contributed by atoms with E-state index in [9.17, 15) is 18.0 Å². The Morgan fingerprint density at radius 3 is 2.74 bits per heavy atom. The molecule has 2 rings (SSSR count). The number of hydrazine groups is 1. The van der Waals surface area contributed by atoms with Crippen LogP contribution in [0.1, 0.15) is 13.3 Å². The highest BCUT2D eigenvalue weighted by atomic mass is 32.2. The summed E-state index contributed by atoms with van der Waals surface area (Å²) in [6, 6.07) is -1.14. The summed E-state index contributed by atoms with van der Waals surface area (Å²) in [4.78, 5) is 26.5.